The molecular weight excluding hydrogens is 376 g/mol. The van der Waals surface area contributed by atoms with Crippen LogP contribution in [0.15, 0.2) is 30.3 Å². The van der Waals surface area contributed by atoms with Crippen LogP contribution < -0.4 is 10.2 Å². The summed E-state index contributed by atoms with van der Waals surface area (Å²) < 4.78 is 6.35. The number of likely N-dealkylation sites (tertiary alicyclic amines) is 1. The van der Waals surface area contributed by atoms with Gasteiger partial charge in [-0.3, -0.25) is 4.90 Å². The van der Waals surface area contributed by atoms with Gasteiger partial charge in [-0.2, -0.15) is 0 Å². The van der Waals surface area contributed by atoms with Gasteiger partial charge in [0.1, 0.15) is 0 Å². The van der Waals surface area contributed by atoms with Crippen LogP contribution in [0.2, 0.25) is 0 Å². The number of anilines is 1. The molecule has 166 valence electrons. The first-order valence-corrected chi connectivity index (χ1v) is 11.6. The van der Waals surface area contributed by atoms with Crippen LogP contribution in [0.3, 0.4) is 0 Å². The molecule has 4 rings (SSSR count). The average molecular weight is 415 g/mol. The van der Waals surface area contributed by atoms with E-state index in [1.807, 2.05) is 25.7 Å². The number of carbonyl (C=O) groups is 1. The van der Waals surface area contributed by atoms with Gasteiger partial charge in [-0.05, 0) is 58.6 Å². The van der Waals surface area contributed by atoms with Crippen molar-refractivity contribution in [3.05, 3.63) is 30.3 Å². The topological polar surface area (TPSA) is 48.1 Å². The fourth-order valence-electron chi connectivity index (χ4n) is 5.16. The first-order valence-electron chi connectivity index (χ1n) is 11.6. The van der Waals surface area contributed by atoms with E-state index in [9.17, 15) is 4.79 Å². The molecule has 0 bridgehead atoms. The van der Waals surface area contributed by atoms with Crippen LogP contribution in [-0.4, -0.2) is 78.9 Å². The van der Waals surface area contributed by atoms with E-state index >= 15 is 0 Å². The maximum atomic E-state index is 12.5. The predicted octanol–water partition coefficient (Wildman–Crippen LogP) is 3.33. The first-order chi connectivity index (χ1) is 14.3. The molecule has 3 aliphatic rings. The molecule has 3 fully saturated rings. The fourth-order valence-corrected chi connectivity index (χ4v) is 5.16. The molecule has 1 atom stereocenters. The number of nitrogens with one attached hydrogen (secondary N) is 1. The lowest BCUT2D eigenvalue weighted by Crippen LogP contribution is -2.58. The van der Waals surface area contributed by atoms with Gasteiger partial charge in [-0.1, -0.05) is 18.2 Å². The molecule has 0 aromatic heterocycles. The summed E-state index contributed by atoms with van der Waals surface area (Å²) in [5.74, 6) is 0. The Balaban J connectivity index is 1.29. The van der Waals surface area contributed by atoms with E-state index in [0.29, 0.717) is 6.04 Å². The molecule has 0 aliphatic carbocycles. The number of piperidine rings is 1. The number of urea groups is 1. The monoisotopic (exact) mass is 414 g/mol. The van der Waals surface area contributed by atoms with Crippen molar-refractivity contribution in [3.63, 3.8) is 0 Å². The van der Waals surface area contributed by atoms with Crippen molar-refractivity contribution in [1.29, 1.82) is 0 Å². The molecular formula is C24H38N4O2. The smallest absolute Gasteiger partial charge is 0.317 e. The lowest BCUT2D eigenvalue weighted by molar-refractivity contribution is -0.129. The summed E-state index contributed by atoms with van der Waals surface area (Å²) in [4.78, 5) is 19.6. The largest absolute Gasteiger partial charge is 0.375 e. The molecule has 0 saturated carbocycles. The van der Waals surface area contributed by atoms with Crippen molar-refractivity contribution >= 4 is 11.7 Å². The summed E-state index contributed by atoms with van der Waals surface area (Å²) in [5.41, 5.74) is 1.10. The lowest BCUT2D eigenvalue weighted by atomic mass is 9.81. The van der Waals surface area contributed by atoms with Gasteiger partial charge in [0, 0.05) is 63.1 Å². The number of carbonyl (C=O) groups excluding carboxylic acids is 1. The SMILES string of the molecule is CC(C)(C)NC(=O)N1CCC2(CC1)CC(N1CCN(c3ccccc3)CC1)CCO2. The standard InChI is InChI=1S/C24H38N4O2/c1-23(2,3)25-22(29)28-12-10-24(11-13-28)19-21(9-18-30-24)27-16-14-26(15-17-27)20-7-5-4-6-8-20/h4-8,21H,9-19H2,1-3H3,(H,25,29). The van der Waals surface area contributed by atoms with Crippen molar-refractivity contribution in [1.82, 2.24) is 15.1 Å². The molecule has 1 aromatic carbocycles. The van der Waals surface area contributed by atoms with Gasteiger partial charge in [0.25, 0.3) is 0 Å². The number of ether oxygens (including phenoxy) is 1. The molecule has 1 N–H and O–H groups in total. The van der Waals surface area contributed by atoms with E-state index in [2.05, 4.69) is 45.4 Å². The van der Waals surface area contributed by atoms with Crippen molar-refractivity contribution in [2.75, 3.05) is 50.8 Å². The lowest BCUT2D eigenvalue weighted by Gasteiger charge is -2.50. The Morgan fingerprint density at radius 1 is 1.03 bits per heavy atom. The van der Waals surface area contributed by atoms with Gasteiger partial charge in [0.05, 0.1) is 5.60 Å². The van der Waals surface area contributed by atoms with E-state index in [-0.39, 0.29) is 17.2 Å². The number of benzene rings is 1. The highest BCUT2D eigenvalue weighted by molar-refractivity contribution is 5.75. The Morgan fingerprint density at radius 2 is 1.70 bits per heavy atom. The normalized spacial score (nSPS) is 25.4. The van der Waals surface area contributed by atoms with Crippen LogP contribution in [0.1, 0.15) is 46.5 Å². The second-order valence-corrected chi connectivity index (χ2v) is 10.2. The van der Waals surface area contributed by atoms with Gasteiger partial charge in [0.2, 0.25) is 0 Å². The zero-order valence-electron chi connectivity index (χ0n) is 18.9. The summed E-state index contributed by atoms with van der Waals surface area (Å²) in [5, 5.41) is 3.09. The van der Waals surface area contributed by atoms with Crippen LogP contribution in [0.25, 0.3) is 0 Å². The molecule has 1 unspecified atom stereocenters. The molecule has 6 nitrogen and oxygen atoms in total. The number of rotatable bonds is 2. The average Bonchev–Trinajstić information content (AvgIpc) is 2.74. The minimum atomic E-state index is -0.194. The van der Waals surface area contributed by atoms with Crippen LogP contribution in [0.5, 0.6) is 0 Å². The Bertz CT molecular complexity index is 702. The van der Waals surface area contributed by atoms with E-state index in [0.717, 1.165) is 71.6 Å². The Morgan fingerprint density at radius 3 is 2.33 bits per heavy atom. The van der Waals surface area contributed by atoms with E-state index < -0.39 is 0 Å². The Kier molecular flexibility index (Phi) is 6.26. The highest BCUT2D eigenvalue weighted by Crippen LogP contribution is 2.37. The van der Waals surface area contributed by atoms with Crippen LogP contribution in [0.4, 0.5) is 10.5 Å². The number of hydrogen-bond acceptors (Lipinski definition) is 4. The van der Waals surface area contributed by atoms with E-state index in [4.69, 9.17) is 4.74 Å². The van der Waals surface area contributed by atoms with Crippen molar-refractivity contribution < 1.29 is 9.53 Å². The summed E-state index contributed by atoms with van der Waals surface area (Å²) in [7, 11) is 0. The first kappa shape index (κ1) is 21.4. The quantitative estimate of drug-likeness (QED) is 0.806. The number of para-hydroxylation sites is 1. The summed E-state index contributed by atoms with van der Waals surface area (Å²) in [6.45, 7) is 12.9. The molecule has 1 aromatic rings. The third-order valence-electron chi connectivity index (χ3n) is 6.86. The fraction of sp³-hybridized carbons (Fsp3) is 0.708. The summed E-state index contributed by atoms with van der Waals surface area (Å²) in [6.07, 6.45) is 4.13. The van der Waals surface area contributed by atoms with Crippen molar-refractivity contribution in [2.45, 2.75) is 63.6 Å². The Labute approximate surface area is 181 Å². The number of amides is 2. The highest BCUT2D eigenvalue weighted by atomic mass is 16.5. The molecule has 3 saturated heterocycles. The van der Waals surface area contributed by atoms with Crippen LogP contribution in [0, 0.1) is 0 Å². The minimum Gasteiger partial charge on any atom is -0.375 e. The van der Waals surface area contributed by atoms with Gasteiger partial charge in [0.15, 0.2) is 0 Å². The van der Waals surface area contributed by atoms with Gasteiger partial charge in [-0.15, -0.1) is 0 Å². The highest BCUT2D eigenvalue weighted by Gasteiger charge is 2.43. The molecule has 3 aliphatic heterocycles. The second kappa shape index (κ2) is 8.75. The van der Waals surface area contributed by atoms with Crippen LogP contribution >= 0.6 is 0 Å². The molecule has 2 amide bonds. The molecule has 1 spiro atoms. The van der Waals surface area contributed by atoms with Crippen molar-refractivity contribution in [2.24, 2.45) is 0 Å². The predicted molar refractivity (Wildman–Crippen MR) is 121 cm³/mol. The van der Waals surface area contributed by atoms with E-state index in [1.54, 1.807) is 0 Å². The maximum Gasteiger partial charge on any atom is 0.317 e. The Hall–Kier alpha value is -1.79. The minimum absolute atomic E-state index is 0.0437. The van der Waals surface area contributed by atoms with Crippen LogP contribution in [-0.2, 0) is 4.74 Å². The summed E-state index contributed by atoms with van der Waals surface area (Å²) >= 11 is 0. The molecule has 0 radical (unpaired) electrons. The summed E-state index contributed by atoms with van der Waals surface area (Å²) in [6, 6.07) is 11.4. The third-order valence-corrected chi connectivity index (χ3v) is 6.86. The number of piperazine rings is 1. The second-order valence-electron chi connectivity index (χ2n) is 10.2. The molecule has 30 heavy (non-hydrogen) atoms. The van der Waals surface area contributed by atoms with E-state index in [1.165, 1.54) is 5.69 Å². The molecule has 6 heteroatoms. The van der Waals surface area contributed by atoms with Gasteiger partial charge < -0.3 is 19.9 Å². The third kappa shape index (κ3) is 5.09. The maximum absolute atomic E-state index is 12.5. The number of nitrogens with zero attached hydrogens (tertiary/aromatic N) is 3. The van der Waals surface area contributed by atoms with Crippen molar-refractivity contribution in [3.8, 4) is 0 Å². The van der Waals surface area contributed by atoms with Gasteiger partial charge >= 0.3 is 6.03 Å². The number of hydrogen-bond donors (Lipinski definition) is 1. The molecule has 3 heterocycles. The zero-order chi connectivity index (χ0) is 21.2. The zero-order valence-corrected chi connectivity index (χ0v) is 18.9. The van der Waals surface area contributed by atoms with Gasteiger partial charge in [-0.25, -0.2) is 4.79 Å².